The number of benzene rings is 1. The highest BCUT2D eigenvalue weighted by atomic mass is 32.1. The van der Waals surface area contributed by atoms with Crippen LogP contribution in [0.1, 0.15) is 10.4 Å². The van der Waals surface area contributed by atoms with Gasteiger partial charge in [-0.1, -0.05) is 18.2 Å². The Labute approximate surface area is 106 Å². The lowest BCUT2D eigenvalue weighted by Gasteiger charge is -2.10. The van der Waals surface area contributed by atoms with Crippen LogP contribution >= 0.6 is 11.3 Å². The van der Waals surface area contributed by atoms with Gasteiger partial charge in [0.05, 0.1) is 7.11 Å². The Bertz CT molecular complexity index is 436. The van der Waals surface area contributed by atoms with Crippen LogP contribution in [0.25, 0.3) is 0 Å². The number of thiophene rings is 1. The lowest BCUT2D eigenvalue weighted by Crippen LogP contribution is -2.25. The van der Waals surface area contributed by atoms with Gasteiger partial charge in [-0.3, -0.25) is 0 Å². The molecule has 1 atom stereocenters. The van der Waals surface area contributed by atoms with E-state index in [4.69, 9.17) is 10.5 Å². The van der Waals surface area contributed by atoms with Gasteiger partial charge < -0.3 is 10.5 Å². The second-order valence-corrected chi connectivity index (χ2v) is 5.13. The molecule has 2 aromatic rings. The molecule has 0 aliphatic heterocycles. The van der Waals surface area contributed by atoms with Crippen molar-refractivity contribution in [2.45, 2.75) is 18.9 Å². The maximum absolute atomic E-state index is 6.14. The average molecular weight is 247 g/mol. The zero-order chi connectivity index (χ0) is 12.1. The minimum Gasteiger partial charge on any atom is -0.497 e. The molecule has 2 N–H and O–H groups in total. The first-order valence-electron chi connectivity index (χ1n) is 5.69. The van der Waals surface area contributed by atoms with Gasteiger partial charge in [0.25, 0.3) is 0 Å². The maximum atomic E-state index is 6.14. The van der Waals surface area contributed by atoms with Crippen LogP contribution in [0.15, 0.2) is 41.8 Å². The van der Waals surface area contributed by atoms with E-state index >= 15 is 0 Å². The normalized spacial score (nSPS) is 12.4. The molecule has 1 unspecified atom stereocenters. The van der Waals surface area contributed by atoms with E-state index in [9.17, 15) is 0 Å². The van der Waals surface area contributed by atoms with Gasteiger partial charge in [-0.15, -0.1) is 11.3 Å². The Morgan fingerprint density at radius 2 is 1.94 bits per heavy atom. The summed E-state index contributed by atoms with van der Waals surface area (Å²) in [4.78, 5) is 1.35. The Hall–Kier alpha value is -1.32. The molecule has 3 heteroatoms. The van der Waals surface area contributed by atoms with Gasteiger partial charge in [0.1, 0.15) is 5.75 Å². The molecule has 0 aliphatic carbocycles. The number of hydrogen-bond acceptors (Lipinski definition) is 3. The van der Waals surface area contributed by atoms with Crippen molar-refractivity contribution in [2.75, 3.05) is 7.11 Å². The molecular weight excluding hydrogens is 230 g/mol. The topological polar surface area (TPSA) is 35.2 Å². The van der Waals surface area contributed by atoms with Crippen LogP contribution in [0.5, 0.6) is 5.75 Å². The highest BCUT2D eigenvalue weighted by Crippen LogP contribution is 2.15. The van der Waals surface area contributed by atoms with E-state index in [1.807, 2.05) is 12.1 Å². The highest BCUT2D eigenvalue weighted by molar-refractivity contribution is 7.09. The first kappa shape index (κ1) is 12.1. The molecule has 2 rings (SSSR count). The van der Waals surface area contributed by atoms with Gasteiger partial charge in [0, 0.05) is 10.9 Å². The molecule has 0 radical (unpaired) electrons. The Balaban J connectivity index is 1.91. The number of methoxy groups -OCH3 is 1. The van der Waals surface area contributed by atoms with Gasteiger partial charge in [0.2, 0.25) is 0 Å². The molecular formula is C14H17NOS. The summed E-state index contributed by atoms with van der Waals surface area (Å²) in [5.41, 5.74) is 7.40. The van der Waals surface area contributed by atoms with Gasteiger partial charge in [-0.25, -0.2) is 0 Å². The summed E-state index contributed by atoms with van der Waals surface area (Å²) < 4.78 is 5.13. The predicted octanol–water partition coefficient (Wildman–Crippen LogP) is 2.87. The van der Waals surface area contributed by atoms with Crippen molar-refractivity contribution in [3.63, 3.8) is 0 Å². The first-order chi connectivity index (χ1) is 8.28. The summed E-state index contributed by atoms with van der Waals surface area (Å²) in [7, 11) is 1.68. The zero-order valence-corrected chi connectivity index (χ0v) is 10.7. The van der Waals surface area contributed by atoms with Crippen LogP contribution in [-0.4, -0.2) is 13.2 Å². The van der Waals surface area contributed by atoms with Crippen molar-refractivity contribution >= 4 is 11.3 Å². The number of rotatable bonds is 5. The zero-order valence-electron chi connectivity index (χ0n) is 9.93. The summed E-state index contributed by atoms with van der Waals surface area (Å²) in [5.74, 6) is 0.889. The van der Waals surface area contributed by atoms with E-state index in [-0.39, 0.29) is 6.04 Å². The molecule has 0 bridgehead atoms. The van der Waals surface area contributed by atoms with E-state index in [2.05, 4.69) is 29.6 Å². The van der Waals surface area contributed by atoms with Crippen LogP contribution in [0.3, 0.4) is 0 Å². The van der Waals surface area contributed by atoms with Crippen molar-refractivity contribution in [2.24, 2.45) is 5.73 Å². The third-order valence-corrected chi connectivity index (χ3v) is 3.60. The molecule has 1 aromatic heterocycles. The molecule has 0 spiro atoms. The fraction of sp³-hybridized carbons (Fsp3) is 0.286. The third kappa shape index (κ3) is 3.58. The molecule has 2 nitrogen and oxygen atoms in total. The van der Waals surface area contributed by atoms with Crippen molar-refractivity contribution in [3.8, 4) is 5.75 Å². The Morgan fingerprint density at radius 3 is 2.53 bits per heavy atom. The largest absolute Gasteiger partial charge is 0.497 e. The highest BCUT2D eigenvalue weighted by Gasteiger charge is 2.06. The number of hydrogen-bond donors (Lipinski definition) is 1. The molecule has 0 fully saturated rings. The van der Waals surface area contributed by atoms with Crippen molar-refractivity contribution < 1.29 is 4.74 Å². The quantitative estimate of drug-likeness (QED) is 0.881. The van der Waals surface area contributed by atoms with Crippen LogP contribution in [-0.2, 0) is 12.8 Å². The predicted molar refractivity (Wildman–Crippen MR) is 72.7 cm³/mol. The monoisotopic (exact) mass is 247 g/mol. The maximum Gasteiger partial charge on any atom is 0.118 e. The minimum absolute atomic E-state index is 0.182. The second kappa shape index (κ2) is 5.84. The second-order valence-electron chi connectivity index (χ2n) is 4.10. The van der Waals surface area contributed by atoms with E-state index in [1.54, 1.807) is 18.4 Å². The van der Waals surface area contributed by atoms with Crippen molar-refractivity contribution in [1.82, 2.24) is 0 Å². The fourth-order valence-electron chi connectivity index (χ4n) is 1.82. The molecule has 0 amide bonds. The first-order valence-corrected chi connectivity index (χ1v) is 6.57. The van der Waals surface area contributed by atoms with E-state index in [1.165, 1.54) is 10.4 Å². The van der Waals surface area contributed by atoms with Crippen LogP contribution < -0.4 is 10.5 Å². The Kier molecular flexibility index (Phi) is 4.18. The molecule has 1 heterocycles. The average Bonchev–Trinajstić information content (AvgIpc) is 2.82. The van der Waals surface area contributed by atoms with Crippen LogP contribution in [0.2, 0.25) is 0 Å². The molecule has 17 heavy (non-hydrogen) atoms. The summed E-state index contributed by atoms with van der Waals surface area (Å²) in [5, 5.41) is 2.09. The summed E-state index contributed by atoms with van der Waals surface area (Å²) >= 11 is 1.77. The number of nitrogens with two attached hydrogens (primary N) is 1. The summed E-state index contributed by atoms with van der Waals surface area (Å²) in [6.45, 7) is 0. The molecule has 90 valence electrons. The van der Waals surface area contributed by atoms with Gasteiger partial charge in [-0.05, 0) is 42.0 Å². The minimum atomic E-state index is 0.182. The summed E-state index contributed by atoms with van der Waals surface area (Å²) in [6.07, 6.45) is 1.85. The van der Waals surface area contributed by atoms with Crippen molar-refractivity contribution in [1.29, 1.82) is 0 Å². The molecule has 0 aliphatic rings. The van der Waals surface area contributed by atoms with Crippen LogP contribution in [0, 0.1) is 0 Å². The van der Waals surface area contributed by atoms with Crippen molar-refractivity contribution in [3.05, 3.63) is 52.2 Å². The smallest absolute Gasteiger partial charge is 0.118 e. The number of ether oxygens (including phenoxy) is 1. The standard InChI is InChI=1S/C14H17NOS/c1-16-13-6-4-11(5-7-13)9-12(15)10-14-3-2-8-17-14/h2-8,12H,9-10,15H2,1H3. The Morgan fingerprint density at radius 1 is 1.18 bits per heavy atom. The van der Waals surface area contributed by atoms with E-state index in [0.717, 1.165) is 18.6 Å². The molecule has 1 aromatic carbocycles. The SMILES string of the molecule is COc1ccc(CC(N)Cc2cccs2)cc1. The van der Waals surface area contributed by atoms with Gasteiger partial charge in [0.15, 0.2) is 0 Å². The van der Waals surface area contributed by atoms with E-state index < -0.39 is 0 Å². The molecule has 0 saturated heterocycles. The lowest BCUT2D eigenvalue weighted by molar-refractivity contribution is 0.414. The lowest BCUT2D eigenvalue weighted by atomic mass is 10.0. The fourth-order valence-corrected chi connectivity index (χ4v) is 2.62. The van der Waals surface area contributed by atoms with Crippen LogP contribution in [0.4, 0.5) is 0 Å². The molecule has 0 saturated carbocycles. The van der Waals surface area contributed by atoms with Gasteiger partial charge in [-0.2, -0.15) is 0 Å². The van der Waals surface area contributed by atoms with E-state index in [0.29, 0.717) is 0 Å². The van der Waals surface area contributed by atoms with Gasteiger partial charge >= 0.3 is 0 Å². The third-order valence-electron chi connectivity index (χ3n) is 2.70. The summed E-state index contributed by atoms with van der Waals surface area (Å²) in [6, 6.07) is 12.5.